The van der Waals surface area contributed by atoms with E-state index in [1.54, 1.807) is 13.8 Å². The number of nitrogens with zero attached hydrogens (tertiary/aromatic N) is 2. The summed E-state index contributed by atoms with van der Waals surface area (Å²) < 4.78 is 4.98. The highest BCUT2D eigenvalue weighted by Crippen LogP contribution is 2.24. The molecule has 2 rings (SSSR count). The monoisotopic (exact) mass is 396 g/mol. The van der Waals surface area contributed by atoms with Crippen LogP contribution in [0.1, 0.15) is 47.5 Å². The van der Waals surface area contributed by atoms with Crippen LogP contribution in [0.2, 0.25) is 0 Å². The van der Waals surface area contributed by atoms with Crippen LogP contribution in [-0.4, -0.2) is 39.2 Å². The number of carbonyl (C=O) groups is 2. The summed E-state index contributed by atoms with van der Waals surface area (Å²) in [6.45, 7) is 10.1. The first-order valence-electron chi connectivity index (χ1n) is 8.42. The van der Waals surface area contributed by atoms with E-state index in [1.165, 1.54) is 11.8 Å². The molecule has 26 heavy (non-hydrogen) atoms. The molecule has 0 unspecified atom stereocenters. The summed E-state index contributed by atoms with van der Waals surface area (Å²) >= 11 is 2.46. The largest absolute Gasteiger partial charge is 0.462 e. The summed E-state index contributed by atoms with van der Waals surface area (Å²) in [7, 11) is 0. The first-order valence-corrected chi connectivity index (χ1v) is 10.2. The number of esters is 1. The molecule has 0 saturated heterocycles. The number of aromatic amines is 1. The van der Waals surface area contributed by atoms with Crippen LogP contribution in [-0.2, 0) is 16.0 Å². The van der Waals surface area contributed by atoms with Gasteiger partial charge in [-0.3, -0.25) is 4.79 Å². The van der Waals surface area contributed by atoms with Gasteiger partial charge in [0.2, 0.25) is 5.91 Å². The number of rotatable bonds is 8. The molecule has 2 aromatic heterocycles. The number of amides is 1. The Morgan fingerprint density at radius 2 is 2.04 bits per heavy atom. The van der Waals surface area contributed by atoms with Gasteiger partial charge in [-0.15, -0.1) is 0 Å². The average Bonchev–Trinajstić information content (AvgIpc) is 3.08. The number of thioether (sulfide) groups is 1. The highest BCUT2D eigenvalue weighted by Gasteiger charge is 2.18. The molecule has 2 N–H and O–H groups in total. The number of hydrogen-bond acceptors (Lipinski definition) is 7. The Morgan fingerprint density at radius 1 is 1.31 bits per heavy atom. The lowest BCUT2D eigenvalue weighted by Crippen LogP contribution is -2.13. The van der Waals surface area contributed by atoms with Crippen molar-refractivity contribution in [1.29, 1.82) is 0 Å². The zero-order valence-electron chi connectivity index (χ0n) is 15.6. The van der Waals surface area contributed by atoms with Crippen molar-refractivity contribution >= 4 is 40.1 Å². The molecular weight excluding hydrogens is 372 g/mol. The van der Waals surface area contributed by atoms with Crippen LogP contribution in [0, 0.1) is 19.8 Å². The maximum absolute atomic E-state index is 12.1. The van der Waals surface area contributed by atoms with Crippen LogP contribution >= 0.6 is 23.1 Å². The standard InChI is InChI=1S/C17H24N4O3S2/c1-6-24-15(23)14-11(5)19-17(26-14)21-13(22)8-25-16-18-10(4)12(20-16)7-9(2)3/h9H,6-8H2,1-5H3,(H,18,20)(H,19,21,22). The molecule has 0 atom stereocenters. The Labute approximate surface area is 161 Å². The molecule has 2 aromatic rings. The van der Waals surface area contributed by atoms with Crippen molar-refractivity contribution in [2.75, 3.05) is 17.7 Å². The van der Waals surface area contributed by atoms with Gasteiger partial charge in [0.15, 0.2) is 10.3 Å². The third kappa shape index (κ3) is 5.57. The molecule has 0 fully saturated rings. The predicted octanol–water partition coefficient (Wildman–Crippen LogP) is 3.59. The van der Waals surface area contributed by atoms with Gasteiger partial charge in [0.25, 0.3) is 0 Å². The summed E-state index contributed by atoms with van der Waals surface area (Å²) in [6, 6.07) is 0. The molecule has 0 saturated carbocycles. The second-order valence-electron chi connectivity index (χ2n) is 6.20. The molecule has 9 heteroatoms. The van der Waals surface area contributed by atoms with Gasteiger partial charge in [-0.25, -0.2) is 14.8 Å². The molecule has 0 aromatic carbocycles. The van der Waals surface area contributed by atoms with E-state index in [1.807, 2.05) is 6.92 Å². The van der Waals surface area contributed by atoms with Crippen molar-refractivity contribution in [3.63, 3.8) is 0 Å². The highest BCUT2D eigenvalue weighted by molar-refractivity contribution is 7.99. The van der Waals surface area contributed by atoms with Crippen molar-refractivity contribution in [1.82, 2.24) is 15.0 Å². The molecule has 0 spiro atoms. The van der Waals surface area contributed by atoms with E-state index in [-0.39, 0.29) is 11.7 Å². The molecule has 7 nitrogen and oxygen atoms in total. The Balaban J connectivity index is 1.91. The highest BCUT2D eigenvalue weighted by atomic mass is 32.2. The van der Waals surface area contributed by atoms with Crippen LogP contribution in [0.15, 0.2) is 5.16 Å². The van der Waals surface area contributed by atoms with Crippen molar-refractivity contribution in [2.24, 2.45) is 5.92 Å². The topological polar surface area (TPSA) is 97.0 Å². The van der Waals surface area contributed by atoms with Gasteiger partial charge >= 0.3 is 5.97 Å². The number of aromatic nitrogens is 3. The van der Waals surface area contributed by atoms with Crippen molar-refractivity contribution in [2.45, 2.75) is 46.2 Å². The van der Waals surface area contributed by atoms with Gasteiger partial charge in [-0.05, 0) is 33.1 Å². The minimum absolute atomic E-state index is 0.196. The third-order valence-corrected chi connectivity index (χ3v) is 5.34. The Morgan fingerprint density at radius 3 is 2.69 bits per heavy atom. The van der Waals surface area contributed by atoms with Gasteiger partial charge in [0, 0.05) is 5.69 Å². The molecule has 0 aliphatic rings. The second kappa shape index (κ2) is 9.18. The van der Waals surface area contributed by atoms with Gasteiger partial charge in [-0.1, -0.05) is 36.9 Å². The number of ether oxygens (including phenoxy) is 1. The van der Waals surface area contributed by atoms with E-state index in [2.05, 4.69) is 34.1 Å². The number of imidazole rings is 1. The van der Waals surface area contributed by atoms with Crippen molar-refractivity contribution in [3.05, 3.63) is 22.0 Å². The molecule has 0 aliphatic carbocycles. The Kier molecular flexibility index (Phi) is 7.22. The SMILES string of the molecule is CCOC(=O)c1sc(NC(=O)CSc2nc(CC(C)C)c(C)[nH]2)nc1C. The number of carbonyl (C=O) groups excluding carboxylic acids is 2. The van der Waals surface area contributed by atoms with E-state index in [0.29, 0.717) is 28.2 Å². The van der Waals surface area contributed by atoms with E-state index >= 15 is 0 Å². The van der Waals surface area contributed by atoms with E-state index in [4.69, 9.17) is 4.74 Å². The van der Waals surface area contributed by atoms with Gasteiger partial charge < -0.3 is 15.0 Å². The Hall–Kier alpha value is -1.87. The zero-order valence-corrected chi connectivity index (χ0v) is 17.3. The summed E-state index contributed by atoms with van der Waals surface area (Å²) in [5.74, 6) is 0.126. The summed E-state index contributed by atoms with van der Waals surface area (Å²) in [5.41, 5.74) is 2.63. The number of aryl methyl sites for hydroxylation is 2. The third-order valence-electron chi connectivity index (χ3n) is 3.41. The molecule has 142 valence electrons. The quantitative estimate of drug-likeness (QED) is 0.523. The Bertz CT molecular complexity index is 783. The number of thiazole rings is 1. The molecular formula is C17H24N4O3S2. The molecule has 2 heterocycles. The maximum atomic E-state index is 12.1. The fourth-order valence-corrected chi connectivity index (χ4v) is 3.86. The van der Waals surface area contributed by atoms with Crippen LogP contribution in [0.25, 0.3) is 0 Å². The van der Waals surface area contributed by atoms with E-state index < -0.39 is 5.97 Å². The minimum atomic E-state index is -0.416. The first kappa shape index (κ1) is 20.4. The van der Waals surface area contributed by atoms with Crippen LogP contribution in [0.3, 0.4) is 0 Å². The van der Waals surface area contributed by atoms with E-state index in [0.717, 1.165) is 34.3 Å². The number of anilines is 1. The fourth-order valence-electron chi connectivity index (χ4n) is 2.25. The number of H-pyrrole nitrogens is 1. The van der Waals surface area contributed by atoms with Gasteiger partial charge in [0.1, 0.15) is 4.88 Å². The van der Waals surface area contributed by atoms with Gasteiger partial charge in [0.05, 0.1) is 23.7 Å². The lowest BCUT2D eigenvalue weighted by atomic mass is 10.1. The minimum Gasteiger partial charge on any atom is -0.462 e. The maximum Gasteiger partial charge on any atom is 0.350 e. The average molecular weight is 397 g/mol. The van der Waals surface area contributed by atoms with Crippen LogP contribution in [0.5, 0.6) is 0 Å². The van der Waals surface area contributed by atoms with Crippen LogP contribution in [0.4, 0.5) is 5.13 Å². The summed E-state index contributed by atoms with van der Waals surface area (Å²) in [5, 5.41) is 3.85. The first-order chi connectivity index (χ1) is 12.3. The fraction of sp³-hybridized carbons (Fsp3) is 0.529. The lowest BCUT2D eigenvalue weighted by Gasteiger charge is -2.01. The summed E-state index contributed by atoms with van der Waals surface area (Å²) in [4.78, 5) is 36.3. The second-order valence-corrected chi connectivity index (χ2v) is 8.17. The smallest absolute Gasteiger partial charge is 0.350 e. The lowest BCUT2D eigenvalue weighted by molar-refractivity contribution is -0.113. The van der Waals surface area contributed by atoms with Crippen molar-refractivity contribution in [3.8, 4) is 0 Å². The van der Waals surface area contributed by atoms with Gasteiger partial charge in [-0.2, -0.15) is 0 Å². The van der Waals surface area contributed by atoms with E-state index in [9.17, 15) is 9.59 Å². The predicted molar refractivity (Wildman–Crippen MR) is 104 cm³/mol. The number of hydrogen-bond donors (Lipinski definition) is 2. The summed E-state index contributed by atoms with van der Waals surface area (Å²) in [6.07, 6.45) is 0.907. The molecule has 0 bridgehead atoms. The molecule has 1 amide bonds. The number of nitrogens with one attached hydrogen (secondary N) is 2. The van der Waals surface area contributed by atoms with Crippen LogP contribution < -0.4 is 5.32 Å². The molecule has 0 aliphatic heterocycles. The normalized spacial score (nSPS) is 11.0. The zero-order chi connectivity index (χ0) is 19.3. The molecule has 0 radical (unpaired) electrons. The van der Waals surface area contributed by atoms with Crippen molar-refractivity contribution < 1.29 is 14.3 Å².